The van der Waals surface area contributed by atoms with Gasteiger partial charge in [-0.2, -0.15) is 5.26 Å². The lowest BCUT2D eigenvalue weighted by molar-refractivity contribution is -0.384. The summed E-state index contributed by atoms with van der Waals surface area (Å²) in [4.78, 5) is 16.8. The summed E-state index contributed by atoms with van der Waals surface area (Å²) in [5.41, 5.74) is 0.862. The molecule has 0 radical (unpaired) electrons. The van der Waals surface area contributed by atoms with Crippen LogP contribution in [0.4, 0.5) is 5.69 Å². The maximum Gasteiger partial charge on any atom is 0.278 e. The number of imidazole rings is 1. The number of benzene rings is 1. The average molecular weight is 214 g/mol. The smallest absolute Gasteiger partial charge is 0.278 e. The fourth-order valence-corrected chi connectivity index (χ4v) is 1.38. The second kappa shape index (κ2) is 3.82. The molecular weight excluding hydrogens is 208 g/mol. The first-order valence-electron chi connectivity index (χ1n) is 4.41. The van der Waals surface area contributed by atoms with Crippen LogP contribution in [0.2, 0.25) is 0 Å². The van der Waals surface area contributed by atoms with Crippen molar-refractivity contribution in [3.63, 3.8) is 0 Å². The molecule has 6 nitrogen and oxygen atoms in total. The van der Waals surface area contributed by atoms with Gasteiger partial charge in [-0.15, -0.1) is 0 Å². The van der Waals surface area contributed by atoms with Crippen LogP contribution in [0.3, 0.4) is 0 Å². The molecular formula is C10H6N4O2. The zero-order valence-electron chi connectivity index (χ0n) is 8.04. The Kier molecular flexibility index (Phi) is 2.36. The highest BCUT2D eigenvalue weighted by atomic mass is 16.6. The number of nitriles is 1. The minimum atomic E-state index is -0.470. The highest BCUT2D eigenvalue weighted by Crippen LogP contribution is 2.27. The predicted molar refractivity (Wildman–Crippen MR) is 55.4 cm³/mol. The van der Waals surface area contributed by atoms with Gasteiger partial charge in [0.15, 0.2) is 0 Å². The summed E-state index contributed by atoms with van der Waals surface area (Å²) < 4.78 is 0. The van der Waals surface area contributed by atoms with Gasteiger partial charge in [-0.1, -0.05) is 12.1 Å². The molecule has 1 aromatic carbocycles. The van der Waals surface area contributed by atoms with E-state index in [-0.39, 0.29) is 11.5 Å². The van der Waals surface area contributed by atoms with Gasteiger partial charge >= 0.3 is 0 Å². The lowest BCUT2D eigenvalue weighted by Crippen LogP contribution is -1.91. The molecule has 0 saturated carbocycles. The Morgan fingerprint density at radius 3 is 2.81 bits per heavy atom. The van der Waals surface area contributed by atoms with Crippen molar-refractivity contribution in [2.24, 2.45) is 0 Å². The monoisotopic (exact) mass is 214 g/mol. The van der Waals surface area contributed by atoms with Crippen LogP contribution in [0.15, 0.2) is 30.5 Å². The number of aromatic amines is 1. The molecule has 0 fully saturated rings. The maximum atomic E-state index is 10.8. The fourth-order valence-electron chi connectivity index (χ4n) is 1.38. The number of nitro groups is 1. The van der Waals surface area contributed by atoms with Gasteiger partial charge < -0.3 is 4.98 Å². The van der Waals surface area contributed by atoms with Crippen molar-refractivity contribution in [1.82, 2.24) is 9.97 Å². The highest BCUT2D eigenvalue weighted by Gasteiger charge is 2.15. The molecule has 0 amide bonds. The number of para-hydroxylation sites is 1. The molecule has 78 valence electrons. The number of nitro benzene ring substituents is 1. The molecule has 0 aliphatic rings. The van der Waals surface area contributed by atoms with Crippen LogP contribution in [0.25, 0.3) is 11.3 Å². The Morgan fingerprint density at radius 2 is 2.19 bits per heavy atom. The summed E-state index contributed by atoms with van der Waals surface area (Å²) in [5.74, 6) is 0.133. The molecule has 0 saturated heterocycles. The number of aromatic nitrogens is 2. The van der Waals surface area contributed by atoms with E-state index in [0.717, 1.165) is 0 Å². The fraction of sp³-hybridized carbons (Fsp3) is 0. The number of nitrogens with one attached hydrogen (secondary N) is 1. The van der Waals surface area contributed by atoms with Gasteiger partial charge in [0.2, 0.25) is 5.82 Å². The molecule has 1 heterocycles. The lowest BCUT2D eigenvalue weighted by Gasteiger charge is -1.98. The van der Waals surface area contributed by atoms with Crippen LogP contribution in [0.5, 0.6) is 0 Å². The van der Waals surface area contributed by atoms with E-state index in [0.29, 0.717) is 11.3 Å². The molecule has 0 atom stereocenters. The number of H-pyrrole nitrogens is 1. The van der Waals surface area contributed by atoms with Crippen molar-refractivity contribution in [2.75, 3.05) is 0 Å². The molecule has 0 bridgehead atoms. The van der Waals surface area contributed by atoms with Crippen molar-refractivity contribution in [1.29, 1.82) is 5.26 Å². The van der Waals surface area contributed by atoms with Crippen LogP contribution in [-0.2, 0) is 0 Å². The summed E-state index contributed by atoms with van der Waals surface area (Å²) in [6.07, 6.45) is 1.40. The van der Waals surface area contributed by atoms with Gasteiger partial charge in [-0.25, -0.2) is 4.98 Å². The van der Waals surface area contributed by atoms with Crippen LogP contribution in [0.1, 0.15) is 5.82 Å². The summed E-state index contributed by atoms with van der Waals surface area (Å²) in [6.45, 7) is 0. The Labute approximate surface area is 90.3 Å². The van der Waals surface area contributed by atoms with Crippen molar-refractivity contribution < 1.29 is 4.92 Å². The third-order valence-electron chi connectivity index (χ3n) is 2.07. The zero-order valence-corrected chi connectivity index (χ0v) is 8.04. The molecule has 2 rings (SSSR count). The second-order valence-electron chi connectivity index (χ2n) is 3.03. The van der Waals surface area contributed by atoms with Crippen molar-refractivity contribution in [3.05, 3.63) is 46.4 Å². The third kappa shape index (κ3) is 1.62. The van der Waals surface area contributed by atoms with Crippen molar-refractivity contribution in [2.45, 2.75) is 0 Å². The van der Waals surface area contributed by atoms with E-state index in [2.05, 4.69) is 9.97 Å². The third-order valence-corrected chi connectivity index (χ3v) is 2.07. The van der Waals surface area contributed by atoms with Crippen molar-refractivity contribution >= 4 is 5.69 Å². The van der Waals surface area contributed by atoms with E-state index in [4.69, 9.17) is 5.26 Å². The van der Waals surface area contributed by atoms with Crippen molar-refractivity contribution in [3.8, 4) is 17.3 Å². The Hall–Kier alpha value is -2.68. The van der Waals surface area contributed by atoms with E-state index in [9.17, 15) is 10.1 Å². The molecule has 1 aromatic heterocycles. The predicted octanol–water partition coefficient (Wildman–Crippen LogP) is 1.86. The molecule has 0 aliphatic heterocycles. The molecule has 0 aliphatic carbocycles. The second-order valence-corrected chi connectivity index (χ2v) is 3.03. The van der Waals surface area contributed by atoms with Crippen LogP contribution in [-0.4, -0.2) is 14.9 Å². The summed E-state index contributed by atoms with van der Waals surface area (Å²) in [5, 5.41) is 19.4. The highest BCUT2D eigenvalue weighted by molar-refractivity contribution is 5.70. The molecule has 0 unspecified atom stereocenters. The first kappa shape index (κ1) is 9.86. The van der Waals surface area contributed by atoms with E-state index >= 15 is 0 Å². The standard InChI is InChI=1S/C10H6N4O2/c11-5-10-12-6-8(13-10)7-3-1-2-4-9(7)14(15)16/h1-4,6H,(H,12,13). The molecule has 6 heteroatoms. The zero-order chi connectivity index (χ0) is 11.5. The lowest BCUT2D eigenvalue weighted by atomic mass is 10.1. The Balaban J connectivity index is 2.56. The van der Waals surface area contributed by atoms with Gasteiger partial charge in [-0.3, -0.25) is 10.1 Å². The molecule has 2 aromatic rings. The van der Waals surface area contributed by atoms with Crippen LogP contribution in [0, 0.1) is 21.4 Å². The first-order valence-corrected chi connectivity index (χ1v) is 4.41. The van der Waals surface area contributed by atoms with Gasteiger partial charge in [-0.05, 0) is 6.07 Å². The molecule has 1 N–H and O–H groups in total. The Morgan fingerprint density at radius 1 is 1.44 bits per heavy atom. The number of nitrogens with zero attached hydrogens (tertiary/aromatic N) is 3. The number of hydrogen-bond donors (Lipinski definition) is 1. The molecule has 16 heavy (non-hydrogen) atoms. The van der Waals surface area contributed by atoms with Crippen LogP contribution < -0.4 is 0 Å². The minimum Gasteiger partial charge on any atom is -0.329 e. The Bertz CT molecular complexity index is 583. The molecule has 0 spiro atoms. The van der Waals surface area contributed by atoms with E-state index in [1.807, 2.05) is 6.07 Å². The normalized spacial score (nSPS) is 9.69. The topological polar surface area (TPSA) is 95.6 Å². The summed E-state index contributed by atoms with van der Waals surface area (Å²) in [6, 6.07) is 8.11. The van der Waals surface area contributed by atoms with E-state index < -0.39 is 4.92 Å². The number of hydrogen-bond acceptors (Lipinski definition) is 4. The van der Waals surface area contributed by atoms with E-state index in [1.54, 1.807) is 18.2 Å². The minimum absolute atomic E-state index is 0.0179. The summed E-state index contributed by atoms with van der Waals surface area (Å²) in [7, 11) is 0. The summed E-state index contributed by atoms with van der Waals surface area (Å²) >= 11 is 0. The number of rotatable bonds is 2. The quantitative estimate of drug-likeness (QED) is 0.609. The van der Waals surface area contributed by atoms with Gasteiger partial charge in [0, 0.05) is 6.07 Å². The van der Waals surface area contributed by atoms with Gasteiger partial charge in [0.1, 0.15) is 6.07 Å². The SMILES string of the molecule is N#Cc1ncc(-c2ccccc2[N+](=O)[O-])[nH]1. The maximum absolute atomic E-state index is 10.8. The van der Waals surface area contributed by atoms with Gasteiger partial charge in [0.25, 0.3) is 5.69 Å². The van der Waals surface area contributed by atoms with E-state index in [1.165, 1.54) is 12.3 Å². The average Bonchev–Trinajstić information content (AvgIpc) is 2.77. The van der Waals surface area contributed by atoms with Crippen LogP contribution >= 0.6 is 0 Å². The van der Waals surface area contributed by atoms with Gasteiger partial charge in [0.05, 0.1) is 22.4 Å². The largest absolute Gasteiger partial charge is 0.329 e. The first-order chi connectivity index (χ1) is 7.72.